The molecular weight excluding hydrogens is 623 g/mol. The minimum Gasteiger partial charge on any atom is -0.278 e. The largest absolute Gasteiger partial charge is 0.278 e. The van der Waals surface area contributed by atoms with Gasteiger partial charge in [0.05, 0.1) is 22.7 Å². The first-order chi connectivity index (χ1) is 25.2. The van der Waals surface area contributed by atoms with Gasteiger partial charge in [-0.05, 0) is 57.6 Å². The van der Waals surface area contributed by atoms with E-state index >= 15 is 0 Å². The minimum absolute atomic E-state index is 0.542. The molecule has 0 amide bonds. The van der Waals surface area contributed by atoms with E-state index in [0.717, 1.165) is 66.3 Å². The Morgan fingerprint density at radius 2 is 0.784 bits per heavy atom. The van der Waals surface area contributed by atoms with E-state index in [1.165, 1.54) is 0 Å². The Morgan fingerprint density at radius 1 is 0.373 bits per heavy atom. The molecule has 0 radical (unpaired) electrons. The summed E-state index contributed by atoms with van der Waals surface area (Å²) >= 11 is 0. The van der Waals surface area contributed by atoms with Crippen LogP contribution in [-0.2, 0) is 0 Å². The van der Waals surface area contributed by atoms with Gasteiger partial charge in [0.15, 0.2) is 11.6 Å². The molecule has 0 saturated heterocycles. The maximum absolute atomic E-state index is 9.43. The van der Waals surface area contributed by atoms with Crippen molar-refractivity contribution in [3.05, 3.63) is 181 Å². The zero-order valence-corrected chi connectivity index (χ0v) is 27.5. The Bertz CT molecular complexity index is 2630. The van der Waals surface area contributed by atoms with Crippen LogP contribution < -0.4 is 0 Å². The fourth-order valence-corrected chi connectivity index (χ4v) is 6.74. The summed E-state index contributed by atoms with van der Waals surface area (Å²) < 4.78 is 2.18. The molecule has 0 aliphatic rings. The van der Waals surface area contributed by atoms with E-state index in [4.69, 9.17) is 15.0 Å². The molecule has 7 aromatic carbocycles. The number of nitrogens with zero attached hydrogens (tertiary/aromatic N) is 5. The lowest BCUT2D eigenvalue weighted by Crippen LogP contribution is -2.06. The van der Waals surface area contributed by atoms with Crippen molar-refractivity contribution in [3.63, 3.8) is 0 Å². The van der Waals surface area contributed by atoms with Gasteiger partial charge in [-0.3, -0.25) is 4.57 Å². The SMILES string of the molecule is N#Cc1cccc(-c2ccc(-c3nc(-c4ccccc4)nc(-n4c5cc(-c6ccccc6)ccc5c5ccc(-c6ccccc6)cc54)n3)cc2)c1. The molecule has 2 heterocycles. The van der Waals surface area contributed by atoms with Crippen molar-refractivity contribution in [1.82, 2.24) is 19.5 Å². The first-order valence-corrected chi connectivity index (χ1v) is 16.8. The molecule has 5 heteroatoms. The zero-order valence-electron chi connectivity index (χ0n) is 27.5. The summed E-state index contributed by atoms with van der Waals surface area (Å²) in [6, 6.07) is 62.3. The first kappa shape index (κ1) is 29.9. The van der Waals surface area contributed by atoms with E-state index in [9.17, 15) is 5.26 Å². The lowest BCUT2D eigenvalue weighted by atomic mass is 10.0. The van der Waals surface area contributed by atoms with Crippen molar-refractivity contribution in [3.8, 4) is 68.2 Å². The van der Waals surface area contributed by atoms with Crippen LogP contribution >= 0.6 is 0 Å². The Labute approximate surface area is 295 Å². The summed E-state index contributed by atoms with van der Waals surface area (Å²) in [5.74, 6) is 1.71. The number of fused-ring (bicyclic) bond motifs is 3. The van der Waals surface area contributed by atoms with Crippen LogP contribution in [0.3, 0.4) is 0 Å². The lowest BCUT2D eigenvalue weighted by Gasteiger charge is -2.12. The molecule has 0 fully saturated rings. The summed E-state index contributed by atoms with van der Waals surface area (Å²) in [5.41, 5.74) is 10.9. The quantitative estimate of drug-likeness (QED) is 0.179. The molecule has 0 aliphatic carbocycles. The predicted octanol–water partition coefficient (Wildman–Crippen LogP) is 11.2. The summed E-state index contributed by atoms with van der Waals surface area (Å²) in [5, 5.41) is 11.7. The zero-order chi connectivity index (χ0) is 34.1. The van der Waals surface area contributed by atoms with Gasteiger partial charge in [-0.2, -0.15) is 15.2 Å². The van der Waals surface area contributed by atoms with Gasteiger partial charge in [0.2, 0.25) is 5.95 Å². The van der Waals surface area contributed by atoms with Crippen LogP contribution in [0.25, 0.3) is 83.9 Å². The Morgan fingerprint density at radius 3 is 1.31 bits per heavy atom. The lowest BCUT2D eigenvalue weighted by molar-refractivity contribution is 0.953. The molecular formula is C46H29N5. The topological polar surface area (TPSA) is 67.4 Å². The number of rotatable bonds is 6. The number of hydrogen-bond acceptors (Lipinski definition) is 4. The van der Waals surface area contributed by atoms with E-state index in [1.54, 1.807) is 0 Å². The molecule has 0 saturated carbocycles. The third kappa shape index (κ3) is 5.61. The number of benzene rings is 7. The highest BCUT2D eigenvalue weighted by molar-refractivity contribution is 6.11. The van der Waals surface area contributed by atoms with Gasteiger partial charge in [0, 0.05) is 21.9 Å². The normalized spacial score (nSPS) is 11.1. The third-order valence-corrected chi connectivity index (χ3v) is 9.31. The van der Waals surface area contributed by atoms with Gasteiger partial charge < -0.3 is 0 Å². The molecule has 0 unspecified atom stereocenters. The van der Waals surface area contributed by atoms with Crippen LogP contribution in [0.1, 0.15) is 5.56 Å². The Balaban J connectivity index is 1.28. The second-order valence-electron chi connectivity index (χ2n) is 12.4. The summed E-state index contributed by atoms with van der Waals surface area (Å²) in [6.45, 7) is 0. The van der Waals surface area contributed by atoms with Gasteiger partial charge in [0.1, 0.15) is 0 Å². The van der Waals surface area contributed by atoms with Crippen molar-refractivity contribution in [2.75, 3.05) is 0 Å². The molecule has 5 nitrogen and oxygen atoms in total. The second-order valence-corrected chi connectivity index (χ2v) is 12.4. The van der Waals surface area contributed by atoms with Gasteiger partial charge in [-0.15, -0.1) is 0 Å². The molecule has 238 valence electrons. The molecule has 0 atom stereocenters. The highest BCUT2D eigenvalue weighted by atomic mass is 15.2. The number of hydrogen-bond donors (Lipinski definition) is 0. The van der Waals surface area contributed by atoms with Crippen LogP contribution in [0.2, 0.25) is 0 Å². The average molecular weight is 652 g/mol. The second kappa shape index (κ2) is 12.7. The van der Waals surface area contributed by atoms with Gasteiger partial charge in [0.25, 0.3) is 0 Å². The fourth-order valence-electron chi connectivity index (χ4n) is 6.74. The summed E-state index contributed by atoms with van der Waals surface area (Å²) in [4.78, 5) is 15.4. The highest BCUT2D eigenvalue weighted by Gasteiger charge is 2.19. The Kier molecular flexibility index (Phi) is 7.46. The third-order valence-electron chi connectivity index (χ3n) is 9.31. The van der Waals surface area contributed by atoms with E-state index in [1.807, 2.05) is 78.9 Å². The van der Waals surface area contributed by atoms with Gasteiger partial charge in [-0.1, -0.05) is 152 Å². The van der Waals surface area contributed by atoms with Crippen LogP contribution in [0, 0.1) is 11.3 Å². The van der Waals surface area contributed by atoms with Crippen molar-refractivity contribution in [2.45, 2.75) is 0 Å². The first-order valence-electron chi connectivity index (χ1n) is 16.8. The van der Waals surface area contributed by atoms with Crippen molar-refractivity contribution in [1.29, 1.82) is 5.26 Å². The molecule has 2 aromatic heterocycles. The maximum Gasteiger partial charge on any atom is 0.238 e. The standard InChI is InChI=1S/C46H29N5/c47-30-31-11-10-18-37(27-31)34-19-21-36(22-20-34)45-48-44(35-16-8-3-9-17-35)49-46(50-45)51-42-28-38(32-12-4-1-5-13-32)23-25-40(42)41-26-24-39(29-43(41)51)33-14-6-2-7-15-33/h1-29H. The van der Waals surface area contributed by atoms with Crippen LogP contribution in [0.15, 0.2) is 176 Å². The number of nitriles is 1. The van der Waals surface area contributed by atoms with Crippen molar-refractivity contribution < 1.29 is 0 Å². The van der Waals surface area contributed by atoms with Crippen molar-refractivity contribution in [2.24, 2.45) is 0 Å². The molecule has 51 heavy (non-hydrogen) atoms. The molecule has 0 bridgehead atoms. The van der Waals surface area contributed by atoms with E-state index in [2.05, 4.69) is 108 Å². The summed E-state index contributed by atoms with van der Waals surface area (Å²) in [6.07, 6.45) is 0. The highest BCUT2D eigenvalue weighted by Crippen LogP contribution is 2.37. The van der Waals surface area contributed by atoms with E-state index in [-0.39, 0.29) is 0 Å². The number of aromatic nitrogens is 4. The Hall–Kier alpha value is -7.16. The van der Waals surface area contributed by atoms with Crippen molar-refractivity contribution >= 4 is 21.8 Å². The summed E-state index contributed by atoms with van der Waals surface area (Å²) in [7, 11) is 0. The van der Waals surface area contributed by atoms with E-state index in [0.29, 0.717) is 23.2 Å². The fraction of sp³-hybridized carbons (Fsp3) is 0. The predicted molar refractivity (Wildman–Crippen MR) is 206 cm³/mol. The van der Waals surface area contributed by atoms with Crippen LogP contribution in [0.4, 0.5) is 0 Å². The molecule has 9 rings (SSSR count). The molecule has 0 spiro atoms. The average Bonchev–Trinajstić information content (AvgIpc) is 3.54. The smallest absolute Gasteiger partial charge is 0.238 e. The monoisotopic (exact) mass is 651 g/mol. The van der Waals surface area contributed by atoms with E-state index < -0.39 is 0 Å². The van der Waals surface area contributed by atoms with Crippen LogP contribution in [0.5, 0.6) is 0 Å². The minimum atomic E-state index is 0.542. The van der Waals surface area contributed by atoms with Gasteiger partial charge in [-0.25, -0.2) is 4.98 Å². The van der Waals surface area contributed by atoms with Crippen LogP contribution in [-0.4, -0.2) is 19.5 Å². The molecule has 9 aromatic rings. The van der Waals surface area contributed by atoms with Gasteiger partial charge >= 0.3 is 0 Å². The molecule has 0 aliphatic heterocycles. The molecule has 0 N–H and O–H groups in total. The maximum atomic E-state index is 9.43.